The van der Waals surface area contributed by atoms with Gasteiger partial charge in [-0.2, -0.15) is 0 Å². The van der Waals surface area contributed by atoms with Crippen molar-refractivity contribution in [3.8, 4) is 5.75 Å². The van der Waals surface area contributed by atoms with Crippen LogP contribution in [0.4, 0.5) is 23.2 Å². The van der Waals surface area contributed by atoms with Gasteiger partial charge in [-0.05, 0) is 93.1 Å². The molecule has 2 aliphatic rings. The Bertz CT molecular complexity index is 1480. The molecule has 5 rings (SSSR count). The summed E-state index contributed by atoms with van der Waals surface area (Å²) in [5.74, 6) is -4.84. The predicted octanol–water partition coefficient (Wildman–Crippen LogP) is 7.69. The van der Waals surface area contributed by atoms with Crippen molar-refractivity contribution in [2.45, 2.75) is 77.0 Å². The average molecular weight is 656 g/mol. The lowest BCUT2D eigenvalue weighted by molar-refractivity contribution is -0.138. The molecule has 2 aliphatic heterocycles. The van der Waals surface area contributed by atoms with Crippen LogP contribution in [0.1, 0.15) is 74.2 Å². The van der Waals surface area contributed by atoms with Gasteiger partial charge in [0.15, 0.2) is 0 Å². The van der Waals surface area contributed by atoms with Crippen LogP contribution in [0.25, 0.3) is 0 Å². The number of carbonyl (C=O) groups is 1. The summed E-state index contributed by atoms with van der Waals surface area (Å²) < 4.78 is 67.6. The molecular weight excluding hydrogens is 610 g/mol. The standard InChI is InChI=1S/C37H45F4N3O3/c1-26-19-28-20-30(47-24-27-11-5-3-6-12-27)13-14-31(28)36(44(26)25-37(2,40)41)35-32(38)21-29(22-33(35)39)43-17-8-4-7-15-42(23-34(45)46)16-9-10-18-43/h3,5-6,11-14,20-22,26,36H,4,7-10,15-19,23-25H2,1-2H3,(H,45,46)/t26-,36?/m1/s1. The van der Waals surface area contributed by atoms with Crippen LogP contribution in [0.5, 0.6) is 5.75 Å². The first-order valence-corrected chi connectivity index (χ1v) is 16.6. The molecule has 3 aromatic carbocycles. The lowest BCUT2D eigenvalue weighted by Crippen LogP contribution is -2.48. The minimum atomic E-state index is -3.07. The molecule has 0 amide bonds. The van der Waals surface area contributed by atoms with Gasteiger partial charge in [0, 0.05) is 37.3 Å². The number of alkyl halides is 2. The topological polar surface area (TPSA) is 56.3 Å². The van der Waals surface area contributed by atoms with Gasteiger partial charge >= 0.3 is 5.97 Å². The number of ether oxygens (including phenoxy) is 1. The highest BCUT2D eigenvalue weighted by Crippen LogP contribution is 2.43. The van der Waals surface area contributed by atoms with Crippen molar-refractivity contribution in [3.63, 3.8) is 0 Å². The lowest BCUT2D eigenvalue weighted by atomic mass is 9.84. The molecule has 1 unspecified atom stereocenters. The second-order valence-electron chi connectivity index (χ2n) is 13.1. The summed E-state index contributed by atoms with van der Waals surface area (Å²) in [6.45, 7) is 4.91. The number of nitrogens with zero attached hydrogens (tertiary/aromatic N) is 3. The van der Waals surface area contributed by atoms with Crippen LogP contribution in [-0.4, -0.2) is 72.1 Å². The highest BCUT2D eigenvalue weighted by Gasteiger charge is 2.40. The summed E-state index contributed by atoms with van der Waals surface area (Å²) in [5.41, 5.74) is 2.60. The van der Waals surface area contributed by atoms with E-state index in [2.05, 4.69) is 0 Å². The maximum absolute atomic E-state index is 16.3. The third kappa shape index (κ3) is 9.26. The smallest absolute Gasteiger partial charge is 0.317 e. The molecule has 3 aromatic rings. The first kappa shape index (κ1) is 34.7. The van der Waals surface area contributed by atoms with Crippen molar-refractivity contribution < 1.29 is 32.2 Å². The minimum absolute atomic E-state index is 0.00746. The summed E-state index contributed by atoms with van der Waals surface area (Å²) in [6, 6.07) is 16.3. The molecule has 2 heterocycles. The van der Waals surface area contributed by atoms with Crippen LogP contribution in [0.3, 0.4) is 0 Å². The van der Waals surface area contributed by atoms with E-state index in [4.69, 9.17) is 4.74 Å². The lowest BCUT2D eigenvalue weighted by Gasteiger charge is -2.43. The maximum atomic E-state index is 16.3. The molecule has 0 radical (unpaired) electrons. The SMILES string of the molecule is C[C@@H]1Cc2cc(OCc3ccccc3)ccc2C(c2c(F)cc(N3CCCCCN(CC(=O)O)CCCC3)cc2F)N1CC(C)(F)F. The fourth-order valence-electron chi connectivity index (χ4n) is 6.91. The highest BCUT2D eigenvalue weighted by molar-refractivity contribution is 5.69. The van der Waals surface area contributed by atoms with Crippen molar-refractivity contribution in [1.29, 1.82) is 0 Å². The summed E-state index contributed by atoms with van der Waals surface area (Å²) in [7, 11) is 0. The van der Waals surface area contributed by atoms with Crippen LogP contribution in [0.15, 0.2) is 60.7 Å². The quantitative estimate of drug-likeness (QED) is 0.239. The molecular formula is C37H45F4N3O3. The predicted molar refractivity (Wildman–Crippen MR) is 175 cm³/mol. The number of hydrogen-bond acceptors (Lipinski definition) is 5. The zero-order valence-electron chi connectivity index (χ0n) is 27.2. The van der Waals surface area contributed by atoms with Crippen molar-refractivity contribution in [2.75, 3.05) is 44.2 Å². The molecule has 1 fully saturated rings. The van der Waals surface area contributed by atoms with Crippen molar-refractivity contribution in [3.05, 3.63) is 94.6 Å². The van der Waals surface area contributed by atoms with Gasteiger partial charge in [-0.15, -0.1) is 0 Å². The Kier molecular flexibility index (Phi) is 11.5. The van der Waals surface area contributed by atoms with E-state index in [1.54, 1.807) is 12.1 Å². The number of aliphatic carboxylic acids is 1. The van der Waals surface area contributed by atoms with Gasteiger partial charge in [0.25, 0.3) is 5.92 Å². The number of hydrogen-bond donors (Lipinski definition) is 1. The minimum Gasteiger partial charge on any atom is -0.489 e. The van der Waals surface area contributed by atoms with E-state index in [-0.39, 0.29) is 12.1 Å². The molecule has 1 N–H and O–H groups in total. The molecule has 0 spiro atoms. The zero-order chi connectivity index (χ0) is 33.6. The average Bonchev–Trinajstić information content (AvgIpc) is 3.06. The normalized spacial score (nSPS) is 20.3. The third-order valence-corrected chi connectivity index (χ3v) is 9.15. The van der Waals surface area contributed by atoms with Gasteiger partial charge in [-0.1, -0.05) is 42.8 Å². The van der Waals surface area contributed by atoms with Gasteiger partial charge in [0.1, 0.15) is 24.0 Å². The first-order valence-electron chi connectivity index (χ1n) is 16.6. The number of halogens is 4. The van der Waals surface area contributed by atoms with E-state index >= 15 is 8.78 Å². The van der Waals surface area contributed by atoms with Gasteiger partial charge in [-0.25, -0.2) is 17.6 Å². The number of carboxylic acid groups (broad SMARTS) is 1. The molecule has 10 heteroatoms. The van der Waals surface area contributed by atoms with Crippen LogP contribution in [0, 0.1) is 11.6 Å². The van der Waals surface area contributed by atoms with E-state index < -0.39 is 42.2 Å². The molecule has 0 saturated carbocycles. The number of carboxylic acids is 1. The Hall–Kier alpha value is -3.63. The Morgan fingerprint density at radius 2 is 1.55 bits per heavy atom. The molecule has 0 aliphatic carbocycles. The van der Waals surface area contributed by atoms with Crippen molar-refractivity contribution >= 4 is 11.7 Å². The van der Waals surface area contributed by atoms with Gasteiger partial charge in [0.2, 0.25) is 0 Å². The van der Waals surface area contributed by atoms with E-state index in [0.717, 1.165) is 50.2 Å². The third-order valence-electron chi connectivity index (χ3n) is 9.15. The monoisotopic (exact) mass is 655 g/mol. The van der Waals surface area contributed by atoms with Crippen molar-refractivity contribution in [1.82, 2.24) is 9.80 Å². The molecule has 47 heavy (non-hydrogen) atoms. The molecule has 254 valence electrons. The second kappa shape index (κ2) is 15.5. The van der Waals surface area contributed by atoms with Gasteiger partial charge in [-0.3, -0.25) is 14.6 Å². The van der Waals surface area contributed by atoms with E-state index in [1.807, 2.05) is 53.1 Å². The molecule has 0 bridgehead atoms. The maximum Gasteiger partial charge on any atom is 0.317 e. The summed E-state index contributed by atoms with van der Waals surface area (Å²) in [4.78, 5) is 16.7. The number of anilines is 1. The Morgan fingerprint density at radius 1 is 0.915 bits per heavy atom. The van der Waals surface area contributed by atoms with Crippen LogP contribution >= 0.6 is 0 Å². The van der Waals surface area contributed by atoms with Crippen LogP contribution < -0.4 is 9.64 Å². The van der Waals surface area contributed by atoms with E-state index in [1.165, 1.54) is 17.0 Å². The molecule has 6 nitrogen and oxygen atoms in total. The first-order chi connectivity index (χ1) is 22.5. The van der Waals surface area contributed by atoms with E-state index in [0.29, 0.717) is 56.2 Å². The Balaban J connectivity index is 1.42. The highest BCUT2D eigenvalue weighted by atomic mass is 19.3. The van der Waals surface area contributed by atoms with Crippen LogP contribution in [0.2, 0.25) is 0 Å². The van der Waals surface area contributed by atoms with E-state index in [9.17, 15) is 18.7 Å². The van der Waals surface area contributed by atoms with Gasteiger partial charge < -0.3 is 14.7 Å². The molecule has 1 saturated heterocycles. The zero-order valence-corrected chi connectivity index (χ0v) is 27.2. The number of fused-ring (bicyclic) bond motifs is 1. The molecule has 0 aromatic heterocycles. The Labute approximate surface area is 274 Å². The summed E-state index contributed by atoms with van der Waals surface area (Å²) >= 11 is 0. The molecule has 2 atom stereocenters. The fraction of sp³-hybridized carbons (Fsp3) is 0.486. The Morgan fingerprint density at radius 3 is 2.21 bits per heavy atom. The van der Waals surface area contributed by atoms with Crippen molar-refractivity contribution in [2.24, 2.45) is 0 Å². The second-order valence-corrected chi connectivity index (χ2v) is 13.1. The fourth-order valence-corrected chi connectivity index (χ4v) is 6.91. The summed E-state index contributed by atoms with van der Waals surface area (Å²) in [6.07, 6.45) is 4.45. The number of benzene rings is 3. The van der Waals surface area contributed by atoms with Crippen LogP contribution in [-0.2, 0) is 17.8 Å². The summed E-state index contributed by atoms with van der Waals surface area (Å²) in [5, 5.41) is 9.22. The van der Waals surface area contributed by atoms with Gasteiger partial charge in [0.05, 0.1) is 19.1 Å². The number of rotatable bonds is 9. The largest absolute Gasteiger partial charge is 0.489 e.